The normalized spacial score (nSPS) is 10.2. The first-order valence-electron chi connectivity index (χ1n) is 5.11. The monoisotopic (exact) mass is 281 g/mol. The van der Waals surface area contributed by atoms with E-state index in [0.717, 1.165) is 5.56 Å². The van der Waals surface area contributed by atoms with Gasteiger partial charge in [-0.05, 0) is 30.7 Å². The number of hydrogen-bond acceptors (Lipinski definition) is 3. The van der Waals surface area contributed by atoms with Gasteiger partial charge in [0.25, 0.3) is 5.91 Å². The van der Waals surface area contributed by atoms with Crippen LogP contribution in [0.5, 0.6) is 0 Å². The van der Waals surface area contributed by atoms with Crippen molar-refractivity contribution in [2.75, 3.05) is 5.32 Å². The van der Waals surface area contributed by atoms with Crippen LogP contribution in [-0.2, 0) is 0 Å². The van der Waals surface area contributed by atoms with Crippen molar-refractivity contribution >= 4 is 34.8 Å². The molecule has 2 heterocycles. The summed E-state index contributed by atoms with van der Waals surface area (Å²) in [6, 6.07) is 4.82. The number of halogens is 2. The van der Waals surface area contributed by atoms with Gasteiger partial charge in [0.1, 0.15) is 10.3 Å². The highest BCUT2D eigenvalue weighted by Gasteiger charge is 2.08. The Hall–Kier alpha value is -1.65. The second-order valence-electron chi connectivity index (χ2n) is 3.65. The molecule has 2 aromatic rings. The van der Waals surface area contributed by atoms with Gasteiger partial charge in [0, 0.05) is 11.8 Å². The van der Waals surface area contributed by atoms with Crippen molar-refractivity contribution in [2.45, 2.75) is 6.92 Å². The largest absolute Gasteiger partial charge is 0.321 e. The third-order valence-corrected chi connectivity index (χ3v) is 2.86. The number of aryl methyl sites for hydroxylation is 1. The van der Waals surface area contributed by atoms with E-state index < -0.39 is 0 Å². The molecular formula is C12H9Cl2N3O. The molecule has 0 bridgehead atoms. The van der Waals surface area contributed by atoms with Crippen LogP contribution in [-0.4, -0.2) is 15.9 Å². The Morgan fingerprint density at radius 1 is 1.28 bits per heavy atom. The summed E-state index contributed by atoms with van der Waals surface area (Å²) < 4.78 is 0. The van der Waals surface area contributed by atoms with Crippen LogP contribution in [0.1, 0.15) is 15.9 Å². The molecule has 2 rings (SSSR count). The Balaban J connectivity index is 2.18. The molecular weight excluding hydrogens is 273 g/mol. The number of rotatable bonds is 2. The van der Waals surface area contributed by atoms with E-state index in [1.165, 1.54) is 18.5 Å². The maximum absolute atomic E-state index is 11.9. The molecule has 0 saturated carbocycles. The van der Waals surface area contributed by atoms with E-state index >= 15 is 0 Å². The summed E-state index contributed by atoms with van der Waals surface area (Å²) >= 11 is 11.5. The van der Waals surface area contributed by atoms with Crippen LogP contribution in [0.4, 0.5) is 5.69 Å². The molecule has 0 aliphatic rings. The lowest BCUT2D eigenvalue weighted by molar-refractivity contribution is 0.102. The van der Waals surface area contributed by atoms with E-state index in [1.807, 2.05) is 6.92 Å². The summed E-state index contributed by atoms with van der Waals surface area (Å²) in [7, 11) is 0. The highest BCUT2D eigenvalue weighted by molar-refractivity contribution is 6.30. The second-order valence-corrected chi connectivity index (χ2v) is 4.40. The van der Waals surface area contributed by atoms with Gasteiger partial charge in [0.2, 0.25) is 0 Å². The van der Waals surface area contributed by atoms with Gasteiger partial charge in [-0.15, -0.1) is 0 Å². The number of nitrogens with one attached hydrogen (secondary N) is 1. The number of hydrogen-bond donors (Lipinski definition) is 1. The lowest BCUT2D eigenvalue weighted by Gasteiger charge is -2.06. The maximum Gasteiger partial charge on any atom is 0.255 e. The van der Waals surface area contributed by atoms with Crippen molar-refractivity contribution in [1.29, 1.82) is 0 Å². The lowest BCUT2D eigenvalue weighted by Crippen LogP contribution is -2.12. The van der Waals surface area contributed by atoms with Gasteiger partial charge < -0.3 is 5.32 Å². The van der Waals surface area contributed by atoms with E-state index in [2.05, 4.69) is 15.3 Å². The summed E-state index contributed by atoms with van der Waals surface area (Å²) in [6.07, 6.45) is 2.97. The Kier molecular flexibility index (Phi) is 3.79. The van der Waals surface area contributed by atoms with E-state index in [0.29, 0.717) is 16.4 Å². The Morgan fingerprint density at radius 3 is 2.72 bits per heavy atom. The van der Waals surface area contributed by atoms with Gasteiger partial charge in [-0.25, -0.2) is 9.97 Å². The Labute approximate surface area is 114 Å². The number of carbonyl (C=O) groups excluding carboxylic acids is 1. The minimum Gasteiger partial charge on any atom is -0.321 e. The molecule has 0 saturated heterocycles. The molecule has 0 unspecified atom stereocenters. The average molecular weight is 282 g/mol. The summed E-state index contributed by atoms with van der Waals surface area (Å²) in [6.45, 7) is 1.81. The summed E-state index contributed by atoms with van der Waals surface area (Å²) in [4.78, 5) is 19.7. The quantitative estimate of drug-likeness (QED) is 0.859. The molecule has 92 valence electrons. The molecule has 0 radical (unpaired) electrons. The third-order valence-electron chi connectivity index (χ3n) is 2.26. The van der Waals surface area contributed by atoms with E-state index in [1.54, 1.807) is 12.1 Å². The molecule has 18 heavy (non-hydrogen) atoms. The number of aromatic nitrogens is 2. The van der Waals surface area contributed by atoms with Gasteiger partial charge in [0.15, 0.2) is 0 Å². The molecule has 4 nitrogen and oxygen atoms in total. The summed E-state index contributed by atoms with van der Waals surface area (Å²) in [5, 5.41) is 3.39. The fraction of sp³-hybridized carbons (Fsp3) is 0.0833. The second kappa shape index (κ2) is 5.33. The van der Waals surface area contributed by atoms with Crippen LogP contribution in [0.25, 0.3) is 0 Å². The van der Waals surface area contributed by atoms with Crippen LogP contribution in [0.15, 0.2) is 30.6 Å². The molecule has 1 amide bonds. The predicted octanol–water partition coefficient (Wildman–Crippen LogP) is 3.34. The van der Waals surface area contributed by atoms with Crippen molar-refractivity contribution in [3.05, 3.63) is 52.0 Å². The van der Waals surface area contributed by atoms with Crippen LogP contribution in [0, 0.1) is 6.92 Å². The number of pyridine rings is 2. The number of carbonyl (C=O) groups is 1. The van der Waals surface area contributed by atoms with Crippen LogP contribution < -0.4 is 5.32 Å². The lowest BCUT2D eigenvalue weighted by atomic mass is 10.2. The van der Waals surface area contributed by atoms with Crippen molar-refractivity contribution in [1.82, 2.24) is 9.97 Å². The van der Waals surface area contributed by atoms with Gasteiger partial charge in [-0.2, -0.15) is 0 Å². The predicted molar refractivity (Wildman–Crippen MR) is 71.2 cm³/mol. The van der Waals surface area contributed by atoms with Crippen LogP contribution in [0.3, 0.4) is 0 Å². The van der Waals surface area contributed by atoms with Gasteiger partial charge in [0.05, 0.1) is 11.9 Å². The van der Waals surface area contributed by atoms with Gasteiger partial charge in [-0.1, -0.05) is 23.2 Å². The zero-order valence-corrected chi connectivity index (χ0v) is 11.0. The average Bonchev–Trinajstić information content (AvgIpc) is 2.34. The molecule has 0 aliphatic carbocycles. The molecule has 1 N–H and O–H groups in total. The summed E-state index contributed by atoms with van der Waals surface area (Å²) in [5.41, 5.74) is 1.81. The first-order valence-corrected chi connectivity index (χ1v) is 5.87. The Morgan fingerprint density at radius 2 is 2.06 bits per heavy atom. The Bertz CT molecular complexity index is 602. The summed E-state index contributed by atoms with van der Waals surface area (Å²) in [5.74, 6) is -0.275. The molecule has 0 fully saturated rings. The highest BCUT2D eigenvalue weighted by Crippen LogP contribution is 2.17. The first-order chi connectivity index (χ1) is 8.56. The zero-order chi connectivity index (χ0) is 13.1. The topological polar surface area (TPSA) is 54.9 Å². The van der Waals surface area contributed by atoms with Gasteiger partial charge >= 0.3 is 0 Å². The molecule has 2 aromatic heterocycles. The van der Waals surface area contributed by atoms with Crippen molar-refractivity contribution in [2.24, 2.45) is 0 Å². The standard InChI is InChI=1S/C12H9Cl2N3O/c1-7-4-9(6-16-11(7)14)17-12(18)8-2-3-15-10(13)5-8/h2-6H,1H3,(H,17,18). The maximum atomic E-state index is 11.9. The van der Waals surface area contributed by atoms with Crippen molar-refractivity contribution < 1.29 is 4.79 Å². The third kappa shape index (κ3) is 2.97. The molecule has 0 spiro atoms. The highest BCUT2D eigenvalue weighted by atomic mass is 35.5. The van der Waals surface area contributed by atoms with Crippen molar-refractivity contribution in [3.8, 4) is 0 Å². The molecule has 0 aliphatic heterocycles. The fourth-order valence-corrected chi connectivity index (χ4v) is 1.65. The zero-order valence-electron chi connectivity index (χ0n) is 9.45. The fourth-order valence-electron chi connectivity index (χ4n) is 1.37. The SMILES string of the molecule is Cc1cc(NC(=O)c2ccnc(Cl)c2)cnc1Cl. The van der Waals surface area contributed by atoms with E-state index in [9.17, 15) is 4.79 Å². The number of nitrogens with zero attached hydrogens (tertiary/aromatic N) is 2. The van der Waals surface area contributed by atoms with E-state index in [4.69, 9.17) is 23.2 Å². The minimum absolute atomic E-state index is 0.271. The van der Waals surface area contributed by atoms with Crippen LogP contribution >= 0.6 is 23.2 Å². The number of amides is 1. The van der Waals surface area contributed by atoms with E-state index in [-0.39, 0.29) is 11.1 Å². The smallest absolute Gasteiger partial charge is 0.255 e. The van der Waals surface area contributed by atoms with Crippen molar-refractivity contribution in [3.63, 3.8) is 0 Å². The van der Waals surface area contributed by atoms with Gasteiger partial charge in [-0.3, -0.25) is 4.79 Å². The molecule has 0 aromatic carbocycles. The molecule has 6 heteroatoms. The van der Waals surface area contributed by atoms with Crippen LogP contribution in [0.2, 0.25) is 10.3 Å². The first kappa shape index (κ1) is 12.8. The number of anilines is 1. The minimum atomic E-state index is -0.275. The molecule has 0 atom stereocenters.